The van der Waals surface area contributed by atoms with Crippen LogP contribution in [-0.4, -0.2) is 82.3 Å². The number of carbonyl (C=O) groups is 3. The maximum Gasteiger partial charge on any atom is 0.306 e. The number of hydrogen-bond donors (Lipinski definition) is 0. The minimum absolute atomic E-state index is 0.151. The van der Waals surface area contributed by atoms with Crippen molar-refractivity contribution in [2.75, 3.05) is 47.5 Å². The molecule has 0 aliphatic heterocycles. The van der Waals surface area contributed by atoms with Gasteiger partial charge in [-0.1, -0.05) is 385 Å². The minimum Gasteiger partial charge on any atom is -0.545 e. The second-order valence-corrected chi connectivity index (χ2v) is 28.7. The van der Waals surface area contributed by atoms with Crippen LogP contribution in [0.4, 0.5) is 0 Å². The van der Waals surface area contributed by atoms with E-state index in [9.17, 15) is 19.5 Å². The molecule has 0 aromatic carbocycles. The summed E-state index contributed by atoms with van der Waals surface area (Å²) in [6, 6.07) is 0. The summed E-state index contributed by atoms with van der Waals surface area (Å²) in [7, 11) is 5.95. The van der Waals surface area contributed by atoms with Crippen LogP contribution in [0.5, 0.6) is 0 Å². The zero-order valence-electron chi connectivity index (χ0n) is 61.1. The largest absolute Gasteiger partial charge is 0.545 e. The van der Waals surface area contributed by atoms with Crippen LogP contribution in [0.2, 0.25) is 0 Å². The fourth-order valence-corrected chi connectivity index (χ4v) is 12.3. The van der Waals surface area contributed by atoms with Gasteiger partial charge in [0.15, 0.2) is 12.4 Å². The highest BCUT2D eigenvalue weighted by Crippen LogP contribution is 2.20. The van der Waals surface area contributed by atoms with Crippen LogP contribution in [0.15, 0.2) is 24.3 Å². The van der Waals surface area contributed by atoms with Crippen molar-refractivity contribution in [3.05, 3.63) is 24.3 Å². The van der Waals surface area contributed by atoms with E-state index in [1.807, 2.05) is 21.1 Å². The van der Waals surface area contributed by atoms with Gasteiger partial charge in [-0.3, -0.25) is 9.59 Å². The molecule has 90 heavy (non-hydrogen) atoms. The average molecular weight is 1270 g/mol. The van der Waals surface area contributed by atoms with Gasteiger partial charge in [0.2, 0.25) is 0 Å². The third kappa shape index (κ3) is 73.2. The van der Waals surface area contributed by atoms with Crippen molar-refractivity contribution >= 4 is 17.9 Å². The molecule has 9 nitrogen and oxygen atoms in total. The fourth-order valence-electron chi connectivity index (χ4n) is 12.3. The molecule has 532 valence electrons. The molecule has 0 aromatic heterocycles. The summed E-state index contributed by atoms with van der Waals surface area (Å²) in [6.07, 6.45) is 88.9. The molecular weight excluding hydrogens is 1110 g/mol. The lowest BCUT2D eigenvalue weighted by Crippen LogP contribution is -2.44. The van der Waals surface area contributed by atoms with E-state index in [0.29, 0.717) is 23.9 Å². The molecule has 0 amide bonds. The highest BCUT2D eigenvalue weighted by Gasteiger charge is 2.22. The molecule has 0 saturated heterocycles. The number of esters is 2. The molecule has 0 N–H and O–H groups in total. The van der Waals surface area contributed by atoms with Gasteiger partial charge in [0.25, 0.3) is 0 Å². The smallest absolute Gasteiger partial charge is 0.306 e. The Balaban J connectivity index is 3.91. The summed E-state index contributed by atoms with van der Waals surface area (Å²) in [5.41, 5.74) is 0. The van der Waals surface area contributed by atoms with E-state index in [1.54, 1.807) is 0 Å². The number of aliphatic carboxylic acids is 1. The first kappa shape index (κ1) is 87.8. The highest BCUT2D eigenvalue weighted by molar-refractivity contribution is 5.70. The normalized spacial score (nSPS) is 12.7. The number of likely N-dealkylation sites (N-methyl/N-ethyl adjacent to an activating group) is 1. The van der Waals surface area contributed by atoms with E-state index >= 15 is 0 Å². The number of ether oxygens (including phenoxy) is 4. The predicted octanol–water partition coefficient (Wildman–Crippen LogP) is 24.0. The van der Waals surface area contributed by atoms with Crippen LogP contribution in [0.25, 0.3) is 0 Å². The molecule has 0 spiro atoms. The van der Waals surface area contributed by atoms with Gasteiger partial charge in [-0.05, 0) is 44.9 Å². The van der Waals surface area contributed by atoms with E-state index in [1.165, 1.54) is 347 Å². The van der Waals surface area contributed by atoms with Crippen LogP contribution in [-0.2, 0) is 33.3 Å². The van der Waals surface area contributed by atoms with Gasteiger partial charge in [-0.25, -0.2) is 0 Å². The molecule has 0 fully saturated rings. The Morgan fingerprint density at radius 1 is 0.333 bits per heavy atom. The Kier molecular flexibility index (Phi) is 70.8. The summed E-state index contributed by atoms with van der Waals surface area (Å²) in [4.78, 5) is 37.6. The Morgan fingerprint density at radius 2 is 0.600 bits per heavy atom. The maximum atomic E-state index is 12.9. The van der Waals surface area contributed by atoms with Crippen molar-refractivity contribution in [3.63, 3.8) is 0 Å². The second kappa shape index (κ2) is 72.6. The SMILES string of the molecule is CCCCCCC/C=C\C/C=C\CCCCCCCCCCCCCCCC(=O)OC(COC(=O)CCCCCCCCCCCCCCCCCCCCCCCCCCCCCCCCCCCCCCCCCC)COC(OCC[N+](C)(C)C)C(=O)[O-]. The molecule has 0 aliphatic carbocycles. The number of carboxylic acids is 1. The fraction of sp³-hybridized carbons (Fsp3) is 0.914. The number of carboxylic acid groups (broad SMARTS) is 1. The Morgan fingerprint density at radius 3 is 0.878 bits per heavy atom. The quantitative estimate of drug-likeness (QED) is 0.0195. The van der Waals surface area contributed by atoms with Crippen LogP contribution in [0, 0.1) is 0 Å². The Labute approximate surface area is 560 Å². The first-order valence-electron chi connectivity index (χ1n) is 40.0. The monoisotopic (exact) mass is 1270 g/mol. The number of nitrogens with zero attached hydrogens (tertiary/aromatic N) is 1. The van der Waals surface area contributed by atoms with Gasteiger partial charge in [-0.15, -0.1) is 0 Å². The zero-order valence-corrected chi connectivity index (χ0v) is 61.1. The standard InChI is InChI=1S/C81H155NO8/c1-6-8-10-12-14-16-18-20-22-24-26-28-30-32-33-34-35-36-37-38-39-40-41-42-43-44-45-46-48-49-51-53-55-57-59-61-63-65-67-69-71-78(83)88-75-77(76-89-81(80(85)86)87-74-73-82(3,4)5)90-79(84)72-70-68-66-64-62-60-58-56-54-52-50-47-31-29-27-25-23-21-19-17-15-13-11-9-7-2/h19,21,25,27,77,81H,6-18,20,22-24,26,28-76H2,1-5H3/b21-19-,27-25-. The topological polar surface area (TPSA) is 111 Å². The lowest BCUT2D eigenvalue weighted by molar-refractivity contribution is -0.870. The van der Waals surface area contributed by atoms with Crippen molar-refractivity contribution < 1.29 is 42.9 Å². The first-order valence-corrected chi connectivity index (χ1v) is 40.0. The molecule has 0 aromatic rings. The van der Waals surface area contributed by atoms with Gasteiger partial charge in [0, 0.05) is 12.8 Å². The molecule has 2 unspecified atom stereocenters. The van der Waals surface area contributed by atoms with Gasteiger partial charge < -0.3 is 33.3 Å². The van der Waals surface area contributed by atoms with E-state index in [-0.39, 0.29) is 32.2 Å². The molecule has 0 heterocycles. The van der Waals surface area contributed by atoms with Crippen LogP contribution in [0.3, 0.4) is 0 Å². The van der Waals surface area contributed by atoms with Gasteiger partial charge in [-0.2, -0.15) is 0 Å². The molecule has 2 atom stereocenters. The minimum atomic E-state index is -1.62. The van der Waals surface area contributed by atoms with Gasteiger partial charge in [0.05, 0.1) is 40.3 Å². The third-order valence-corrected chi connectivity index (χ3v) is 18.5. The van der Waals surface area contributed by atoms with E-state index in [4.69, 9.17) is 18.9 Å². The lowest BCUT2D eigenvalue weighted by atomic mass is 10.0. The highest BCUT2D eigenvalue weighted by atomic mass is 16.7. The van der Waals surface area contributed by atoms with Crippen molar-refractivity contribution in [1.29, 1.82) is 0 Å². The molecule has 0 rings (SSSR count). The number of rotatable bonds is 76. The van der Waals surface area contributed by atoms with Crippen LogP contribution < -0.4 is 5.11 Å². The van der Waals surface area contributed by atoms with E-state index in [2.05, 4.69) is 38.2 Å². The average Bonchev–Trinajstić information content (AvgIpc) is 3.73. The number of quaternary nitrogens is 1. The summed E-state index contributed by atoms with van der Waals surface area (Å²) in [6.45, 7) is 4.82. The van der Waals surface area contributed by atoms with Crippen molar-refractivity contribution in [2.24, 2.45) is 0 Å². The molecule has 0 saturated carbocycles. The van der Waals surface area contributed by atoms with Crippen molar-refractivity contribution in [1.82, 2.24) is 0 Å². The van der Waals surface area contributed by atoms with Crippen molar-refractivity contribution in [2.45, 2.75) is 431 Å². The van der Waals surface area contributed by atoms with Gasteiger partial charge in [0.1, 0.15) is 13.2 Å². The number of hydrogen-bond acceptors (Lipinski definition) is 8. The molecule has 0 bridgehead atoms. The predicted molar refractivity (Wildman–Crippen MR) is 385 cm³/mol. The summed E-state index contributed by atoms with van der Waals surface area (Å²) in [5.74, 6) is -2.25. The van der Waals surface area contributed by atoms with E-state index in [0.717, 1.165) is 38.5 Å². The third-order valence-electron chi connectivity index (χ3n) is 18.5. The Hall–Kier alpha value is -2.23. The molecular formula is C81H155NO8. The lowest BCUT2D eigenvalue weighted by Gasteiger charge is -2.26. The van der Waals surface area contributed by atoms with E-state index < -0.39 is 24.3 Å². The summed E-state index contributed by atoms with van der Waals surface area (Å²) in [5, 5.41) is 11.8. The summed E-state index contributed by atoms with van der Waals surface area (Å²) >= 11 is 0. The zero-order chi connectivity index (χ0) is 65.4. The first-order chi connectivity index (χ1) is 44.1. The molecule has 0 radical (unpaired) electrons. The number of carbonyl (C=O) groups excluding carboxylic acids is 3. The molecule has 9 heteroatoms. The van der Waals surface area contributed by atoms with Crippen LogP contribution >= 0.6 is 0 Å². The summed E-state index contributed by atoms with van der Waals surface area (Å²) < 4.78 is 22.9. The number of allylic oxidation sites excluding steroid dienone is 4. The van der Waals surface area contributed by atoms with Crippen LogP contribution in [0.1, 0.15) is 418 Å². The van der Waals surface area contributed by atoms with Crippen molar-refractivity contribution in [3.8, 4) is 0 Å². The number of unbranched alkanes of at least 4 members (excludes halogenated alkanes) is 57. The Bertz CT molecular complexity index is 1530. The van der Waals surface area contributed by atoms with Gasteiger partial charge >= 0.3 is 11.9 Å². The second-order valence-electron chi connectivity index (χ2n) is 28.7. The molecule has 0 aliphatic rings. The maximum absolute atomic E-state index is 12.9.